The topological polar surface area (TPSA) is 69.6 Å². The molecule has 2 amide bonds. The Hall–Kier alpha value is -1.47. The van der Waals surface area contributed by atoms with E-state index in [9.17, 15) is 22.8 Å². The molecule has 20 heavy (non-hydrogen) atoms. The maximum atomic E-state index is 12.7. The van der Waals surface area contributed by atoms with Crippen molar-refractivity contribution in [3.8, 4) is 0 Å². The number of hydrogen-bond acceptors (Lipinski definition) is 2. The Bertz CT molecular complexity index is 387. The number of hydrogen-bond donors (Lipinski definition) is 2. The summed E-state index contributed by atoms with van der Waals surface area (Å²) in [5, 5.41) is 11.4. The van der Waals surface area contributed by atoms with E-state index in [1.807, 2.05) is 0 Å². The second-order valence-corrected chi connectivity index (χ2v) is 5.25. The van der Waals surface area contributed by atoms with Crippen molar-refractivity contribution in [2.45, 2.75) is 44.8 Å². The molecule has 0 saturated carbocycles. The number of nitrogens with zero attached hydrogens (tertiary/aromatic N) is 1. The van der Waals surface area contributed by atoms with Crippen LogP contribution in [-0.4, -0.2) is 46.8 Å². The Morgan fingerprint density at radius 2 is 2.00 bits per heavy atom. The summed E-state index contributed by atoms with van der Waals surface area (Å²) in [6.45, 7) is 2.70. The molecule has 0 radical (unpaired) electrons. The molecule has 2 atom stereocenters. The van der Waals surface area contributed by atoms with Crippen molar-refractivity contribution in [1.29, 1.82) is 0 Å². The number of piperidine rings is 1. The maximum absolute atomic E-state index is 12.7. The molecule has 1 rings (SSSR count). The van der Waals surface area contributed by atoms with Crippen LogP contribution >= 0.6 is 0 Å². The number of carbonyl (C=O) groups is 2. The van der Waals surface area contributed by atoms with Gasteiger partial charge in [-0.05, 0) is 26.2 Å². The molecule has 8 heteroatoms. The summed E-state index contributed by atoms with van der Waals surface area (Å²) < 4.78 is 38.0. The normalized spacial score (nSPS) is 23.1. The second kappa shape index (κ2) is 5.88. The number of carboxylic acids is 1. The number of halogens is 3. The predicted octanol–water partition coefficient (Wildman–Crippen LogP) is 2.22. The molecular weight excluding hydrogens is 277 g/mol. The summed E-state index contributed by atoms with van der Waals surface area (Å²) in [5.41, 5.74) is -1.47. The number of carbonyl (C=O) groups excluding carboxylic acids is 1. The SMILES string of the molecule is CCC(C)(NC(=O)N1CCCC(C(F)(F)F)C1)C(=O)O. The third-order valence-corrected chi connectivity index (χ3v) is 3.73. The average molecular weight is 296 g/mol. The summed E-state index contributed by atoms with van der Waals surface area (Å²) in [7, 11) is 0. The molecule has 1 fully saturated rings. The highest BCUT2D eigenvalue weighted by Crippen LogP contribution is 2.33. The van der Waals surface area contributed by atoms with Crippen LogP contribution in [0.15, 0.2) is 0 Å². The van der Waals surface area contributed by atoms with Crippen LogP contribution in [0.4, 0.5) is 18.0 Å². The lowest BCUT2D eigenvalue weighted by Crippen LogP contribution is -2.57. The van der Waals surface area contributed by atoms with Gasteiger partial charge in [-0.1, -0.05) is 6.92 Å². The van der Waals surface area contributed by atoms with E-state index in [0.29, 0.717) is 0 Å². The lowest BCUT2D eigenvalue weighted by atomic mass is 9.97. The first kappa shape index (κ1) is 16.6. The highest BCUT2D eigenvalue weighted by atomic mass is 19.4. The van der Waals surface area contributed by atoms with E-state index < -0.39 is 36.2 Å². The molecule has 1 heterocycles. The molecule has 0 bridgehead atoms. The summed E-state index contributed by atoms with van der Waals surface area (Å²) in [4.78, 5) is 24.1. The molecule has 5 nitrogen and oxygen atoms in total. The number of amides is 2. The van der Waals surface area contributed by atoms with Crippen LogP contribution < -0.4 is 5.32 Å². The van der Waals surface area contributed by atoms with Crippen molar-refractivity contribution in [2.24, 2.45) is 5.92 Å². The van der Waals surface area contributed by atoms with Gasteiger partial charge >= 0.3 is 18.2 Å². The molecule has 1 aliphatic rings. The summed E-state index contributed by atoms with van der Waals surface area (Å²) in [6.07, 6.45) is -3.94. The first-order chi connectivity index (χ1) is 9.10. The van der Waals surface area contributed by atoms with E-state index in [-0.39, 0.29) is 25.8 Å². The second-order valence-electron chi connectivity index (χ2n) is 5.25. The number of rotatable bonds is 3. The van der Waals surface area contributed by atoms with E-state index in [2.05, 4.69) is 5.32 Å². The van der Waals surface area contributed by atoms with Crippen molar-refractivity contribution in [3.63, 3.8) is 0 Å². The number of nitrogens with one attached hydrogen (secondary N) is 1. The van der Waals surface area contributed by atoms with E-state index in [1.54, 1.807) is 6.92 Å². The van der Waals surface area contributed by atoms with Gasteiger partial charge in [-0.15, -0.1) is 0 Å². The molecule has 2 N–H and O–H groups in total. The molecule has 1 saturated heterocycles. The van der Waals surface area contributed by atoms with Crippen molar-refractivity contribution in [3.05, 3.63) is 0 Å². The lowest BCUT2D eigenvalue weighted by Gasteiger charge is -2.36. The van der Waals surface area contributed by atoms with Crippen LogP contribution in [0.3, 0.4) is 0 Å². The van der Waals surface area contributed by atoms with Crippen molar-refractivity contribution in [1.82, 2.24) is 10.2 Å². The monoisotopic (exact) mass is 296 g/mol. The molecule has 0 spiro atoms. The van der Waals surface area contributed by atoms with Gasteiger partial charge in [-0.3, -0.25) is 0 Å². The highest BCUT2D eigenvalue weighted by Gasteiger charge is 2.43. The minimum absolute atomic E-state index is 0.00272. The van der Waals surface area contributed by atoms with Gasteiger partial charge in [-0.25, -0.2) is 9.59 Å². The van der Waals surface area contributed by atoms with Crippen LogP contribution in [0.1, 0.15) is 33.1 Å². The zero-order valence-corrected chi connectivity index (χ0v) is 11.5. The largest absolute Gasteiger partial charge is 0.480 e. The van der Waals surface area contributed by atoms with Gasteiger partial charge in [0.25, 0.3) is 0 Å². The van der Waals surface area contributed by atoms with E-state index >= 15 is 0 Å². The Labute approximate surface area is 115 Å². The molecule has 116 valence electrons. The fourth-order valence-corrected chi connectivity index (χ4v) is 2.04. The van der Waals surface area contributed by atoms with Crippen LogP contribution in [0.2, 0.25) is 0 Å². The molecule has 0 aromatic heterocycles. The number of carboxylic acid groups (broad SMARTS) is 1. The molecule has 0 aromatic carbocycles. The lowest BCUT2D eigenvalue weighted by molar-refractivity contribution is -0.184. The predicted molar refractivity (Wildman–Crippen MR) is 65.2 cm³/mol. The van der Waals surface area contributed by atoms with Crippen LogP contribution in [0.5, 0.6) is 0 Å². The zero-order chi connectivity index (χ0) is 15.6. The fourth-order valence-electron chi connectivity index (χ4n) is 2.04. The highest BCUT2D eigenvalue weighted by molar-refractivity contribution is 5.85. The minimum atomic E-state index is -4.33. The number of likely N-dealkylation sites (tertiary alicyclic amines) is 1. The molecule has 2 unspecified atom stereocenters. The summed E-state index contributed by atoms with van der Waals surface area (Å²) >= 11 is 0. The first-order valence-electron chi connectivity index (χ1n) is 6.47. The average Bonchev–Trinajstić information content (AvgIpc) is 2.37. The van der Waals surface area contributed by atoms with E-state index in [0.717, 1.165) is 4.90 Å². The first-order valence-corrected chi connectivity index (χ1v) is 6.47. The quantitative estimate of drug-likeness (QED) is 0.839. The van der Waals surface area contributed by atoms with Crippen molar-refractivity contribution < 1.29 is 27.9 Å². The molecular formula is C12H19F3N2O3. The van der Waals surface area contributed by atoms with E-state index in [4.69, 9.17) is 5.11 Å². The fraction of sp³-hybridized carbons (Fsp3) is 0.833. The third-order valence-electron chi connectivity index (χ3n) is 3.73. The van der Waals surface area contributed by atoms with Crippen molar-refractivity contribution in [2.75, 3.05) is 13.1 Å². The van der Waals surface area contributed by atoms with Gasteiger partial charge in [-0.2, -0.15) is 13.2 Å². The van der Waals surface area contributed by atoms with Crippen molar-refractivity contribution >= 4 is 12.0 Å². The number of alkyl halides is 3. The van der Waals surface area contributed by atoms with Gasteiger partial charge in [0.2, 0.25) is 0 Å². The van der Waals surface area contributed by atoms with Crippen LogP contribution in [-0.2, 0) is 4.79 Å². The molecule has 0 aliphatic carbocycles. The Kier molecular flexibility index (Phi) is 4.88. The Balaban J connectivity index is 2.70. The smallest absolute Gasteiger partial charge is 0.393 e. The van der Waals surface area contributed by atoms with Gasteiger partial charge < -0.3 is 15.3 Å². The Morgan fingerprint density at radius 3 is 2.45 bits per heavy atom. The zero-order valence-electron chi connectivity index (χ0n) is 11.5. The number of urea groups is 1. The van der Waals surface area contributed by atoms with Gasteiger partial charge in [0.15, 0.2) is 0 Å². The van der Waals surface area contributed by atoms with E-state index in [1.165, 1.54) is 6.92 Å². The summed E-state index contributed by atoms with van der Waals surface area (Å²) in [6, 6.07) is -0.759. The Morgan fingerprint density at radius 1 is 1.40 bits per heavy atom. The summed E-state index contributed by atoms with van der Waals surface area (Å²) in [5.74, 6) is -2.75. The van der Waals surface area contributed by atoms with Gasteiger partial charge in [0.1, 0.15) is 5.54 Å². The van der Waals surface area contributed by atoms with Gasteiger partial charge in [0, 0.05) is 13.1 Å². The third kappa shape index (κ3) is 3.77. The minimum Gasteiger partial charge on any atom is -0.480 e. The maximum Gasteiger partial charge on any atom is 0.393 e. The van der Waals surface area contributed by atoms with Crippen LogP contribution in [0.25, 0.3) is 0 Å². The standard InChI is InChI=1S/C12H19F3N2O3/c1-3-11(2,9(18)19)16-10(20)17-6-4-5-8(7-17)12(13,14)15/h8H,3-7H2,1-2H3,(H,16,20)(H,18,19). The van der Waals surface area contributed by atoms with Gasteiger partial charge in [0.05, 0.1) is 5.92 Å². The molecule has 0 aromatic rings. The van der Waals surface area contributed by atoms with Crippen LogP contribution in [0, 0.1) is 5.92 Å². The molecule has 1 aliphatic heterocycles. The number of aliphatic carboxylic acids is 1.